The molecule has 0 spiro atoms. The Morgan fingerprint density at radius 2 is 1.44 bits per heavy atom. The first-order chi connectivity index (χ1) is 7.79. The number of rotatable bonds is 3. The summed E-state index contributed by atoms with van der Waals surface area (Å²) in [6.07, 6.45) is -6.92. The molecule has 1 aliphatic heterocycles. The van der Waals surface area contributed by atoms with Gasteiger partial charge < -0.3 is 9.57 Å². The highest BCUT2D eigenvalue weighted by Crippen LogP contribution is 2.51. The first-order valence-electron chi connectivity index (χ1n) is 3.93. The van der Waals surface area contributed by atoms with Crippen LogP contribution in [0.2, 0.25) is 0 Å². The van der Waals surface area contributed by atoms with Crippen LogP contribution in [0.3, 0.4) is 0 Å². The van der Waals surface area contributed by atoms with E-state index in [1.165, 1.54) is 0 Å². The molecule has 106 valence electrons. The molecule has 1 aliphatic rings. The lowest BCUT2D eigenvalue weighted by molar-refractivity contribution is -0.324. The number of alkyl halides is 9. The highest BCUT2D eigenvalue weighted by atomic mass is 35.5. The summed E-state index contributed by atoms with van der Waals surface area (Å²) in [6.45, 7) is 0. The van der Waals surface area contributed by atoms with E-state index >= 15 is 0 Å². The zero-order valence-electron chi connectivity index (χ0n) is 7.87. The van der Waals surface area contributed by atoms with Crippen LogP contribution in [0.1, 0.15) is 6.42 Å². The lowest BCUT2D eigenvalue weighted by Gasteiger charge is -2.31. The van der Waals surface area contributed by atoms with Crippen molar-refractivity contribution in [3.8, 4) is 0 Å². The Balaban J connectivity index is 2.97. The largest absolute Gasteiger partial charge is 0.433 e. The third-order valence-corrected chi connectivity index (χ3v) is 2.13. The predicted octanol–water partition coefficient (Wildman–Crippen LogP) is 3.66. The van der Waals surface area contributed by atoms with Crippen LogP contribution >= 0.6 is 23.2 Å². The topological polar surface area (TPSA) is 30.8 Å². The molecule has 0 saturated carbocycles. The monoisotopic (exact) mass is 323 g/mol. The SMILES string of the molecule is FC(F)(F)CC1=NOC(C(F)(F)Cl)(C(F)(F)Cl)O1. The summed E-state index contributed by atoms with van der Waals surface area (Å²) in [6, 6.07) is 0. The summed E-state index contributed by atoms with van der Waals surface area (Å²) in [5, 5.41) is -7.49. The van der Waals surface area contributed by atoms with Gasteiger partial charge in [-0.2, -0.15) is 30.7 Å². The second kappa shape index (κ2) is 4.19. The van der Waals surface area contributed by atoms with Crippen LogP contribution in [0.15, 0.2) is 5.16 Å². The van der Waals surface area contributed by atoms with E-state index in [0.29, 0.717) is 0 Å². The van der Waals surface area contributed by atoms with Crippen molar-refractivity contribution in [1.82, 2.24) is 0 Å². The number of ether oxygens (including phenoxy) is 1. The number of halogens is 9. The number of hydrogen-bond acceptors (Lipinski definition) is 3. The molecule has 0 bridgehead atoms. The first kappa shape index (κ1) is 15.4. The Morgan fingerprint density at radius 1 is 1.00 bits per heavy atom. The summed E-state index contributed by atoms with van der Waals surface area (Å²) < 4.78 is 90.5. The van der Waals surface area contributed by atoms with Crippen LogP contribution < -0.4 is 0 Å². The molecule has 0 fully saturated rings. The molecule has 0 radical (unpaired) electrons. The zero-order chi connectivity index (χ0) is 14.4. The van der Waals surface area contributed by atoms with E-state index in [1.54, 1.807) is 0 Å². The molecular weight excluding hydrogens is 322 g/mol. The van der Waals surface area contributed by atoms with Gasteiger partial charge in [0.05, 0.1) is 0 Å². The van der Waals surface area contributed by atoms with Crippen LogP contribution in [-0.2, 0) is 9.57 Å². The number of hydrogen-bond donors (Lipinski definition) is 0. The van der Waals surface area contributed by atoms with Gasteiger partial charge in [-0.3, -0.25) is 0 Å². The van der Waals surface area contributed by atoms with Crippen molar-refractivity contribution >= 4 is 29.1 Å². The maximum Gasteiger partial charge on any atom is 0.433 e. The van der Waals surface area contributed by atoms with Gasteiger partial charge in [-0.05, 0) is 28.4 Å². The molecule has 1 heterocycles. The van der Waals surface area contributed by atoms with Gasteiger partial charge in [0.1, 0.15) is 6.42 Å². The van der Waals surface area contributed by atoms with Crippen molar-refractivity contribution in [3.63, 3.8) is 0 Å². The lowest BCUT2D eigenvalue weighted by atomic mass is 10.3. The Bertz CT molecular complexity index is 344. The Hall–Kier alpha value is -0.640. The zero-order valence-corrected chi connectivity index (χ0v) is 9.38. The van der Waals surface area contributed by atoms with Crippen LogP contribution in [-0.4, -0.2) is 28.6 Å². The third kappa shape index (κ3) is 2.85. The average Bonchev–Trinajstić information content (AvgIpc) is 2.43. The molecule has 0 amide bonds. The smallest absolute Gasteiger partial charge is 0.422 e. The second-order valence-corrected chi connectivity index (χ2v) is 4.03. The van der Waals surface area contributed by atoms with Gasteiger partial charge in [0.15, 0.2) is 0 Å². The van der Waals surface area contributed by atoms with Gasteiger partial charge in [-0.1, -0.05) is 0 Å². The highest BCUT2D eigenvalue weighted by molar-refractivity contribution is 6.26. The van der Waals surface area contributed by atoms with E-state index in [1.807, 2.05) is 0 Å². The fourth-order valence-electron chi connectivity index (χ4n) is 0.938. The summed E-state index contributed by atoms with van der Waals surface area (Å²) in [5.41, 5.74) is 0. The molecule has 0 aromatic rings. The lowest BCUT2D eigenvalue weighted by Crippen LogP contribution is -2.57. The molecule has 18 heavy (non-hydrogen) atoms. The minimum atomic E-state index is -4.93. The average molecular weight is 324 g/mol. The predicted molar refractivity (Wildman–Crippen MR) is 44.6 cm³/mol. The molecule has 0 aliphatic carbocycles. The molecule has 12 heteroatoms. The van der Waals surface area contributed by atoms with Gasteiger partial charge in [0, 0.05) is 0 Å². The molecule has 0 N–H and O–H groups in total. The normalized spacial score (nSPS) is 20.2. The van der Waals surface area contributed by atoms with Crippen molar-refractivity contribution in [2.75, 3.05) is 0 Å². The van der Waals surface area contributed by atoms with E-state index < -0.39 is 35.0 Å². The van der Waals surface area contributed by atoms with Crippen LogP contribution in [0, 0.1) is 0 Å². The number of oxime groups is 1. The molecule has 0 aromatic heterocycles. The molecule has 0 aromatic carbocycles. The van der Waals surface area contributed by atoms with Crippen molar-refractivity contribution in [3.05, 3.63) is 0 Å². The van der Waals surface area contributed by atoms with Gasteiger partial charge >= 0.3 is 22.7 Å². The van der Waals surface area contributed by atoms with E-state index in [0.717, 1.165) is 0 Å². The van der Waals surface area contributed by atoms with E-state index in [-0.39, 0.29) is 0 Å². The summed E-state index contributed by atoms with van der Waals surface area (Å²) in [5.74, 6) is -5.87. The minimum absolute atomic E-state index is 1.54. The fourth-order valence-corrected chi connectivity index (χ4v) is 1.37. The van der Waals surface area contributed by atoms with E-state index in [9.17, 15) is 30.7 Å². The maximum atomic E-state index is 12.8. The minimum Gasteiger partial charge on any atom is -0.422 e. The van der Waals surface area contributed by atoms with Gasteiger partial charge in [0.2, 0.25) is 5.90 Å². The van der Waals surface area contributed by atoms with Crippen molar-refractivity contribution in [1.29, 1.82) is 0 Å². The van der Waals surface area contributed by atoms with E-state index in [2.05, 4.69) is 37.9 Å². The standard InChI is InChI=1S/C6H2Cl2F7NO2/c7-5(12,13)4(6(8,14)15)17-2(16-18-4)1-3(9,10)11/h1H2. The molecule has 3 nitrogen and oxygen atoms in total. The molecule has 1 rings (SSSR count). The molecule has 0 unspecified atom stereocenters. The van der Waals surface area contributed by atoms with Gasteiger partial charge in [0.25, 0.3) is 0 Å². The molecule has 0 saturated heterocycles. The number of nitrogens with zero attached hydrogens (tertiary/aromatic N) is 1. The Kier molecular flexibility index (Phi) is 3.59. The fraction of sp³-hybridized carbons (Fsp3) is 0.833. The Morgan fingerprint density at radius 3 is 1.72 bits per heavy atom. The van der Waals surface area contributed by atoms with E-state index in [4.69, 9.17) is 0 Å². The maximum absolute atomic E-state index is 12.8. The van der Waals surface area contributed by atoms with Crippen LogP contribution in [0.5, 0.6) is 0 Å². The summed E-state index contributed by atoms with van der Waals surface area (Å²) in [4.78, 5) is 3.53. The summed E-state index contributed by atoms with van der Waals surface area (Å²) in [7, 11) is 0. The van der Waals surface area contributed by atoms with Gasteiger partial charge in [-0.25, -0.2) is 0 Å². The Labute approximate surface area is 104 Å². The van der Waals surface area contributed by atoms with Crippen molar-refractivity contribution in [2.24, 2.45) is 5.16 Å². The highest BCUT2D eigenvalue weighted by Gasteiger charge is 2.76. The quantitative estimate of drug-likeness (QED) is 0.586. The second-order valence-electron chi connectivity index (χ2n) is 3.08. The first-order valence-corrected chi connectivity index (χ1v) is 4.68. The molecule has 0 atom stereocenters. The van der Waals surface area contributed by atoms with Gasteiger partial charge in [-0.15, -0.1) is 0 Å². The van der Waals surface area contributed by atoms with Crippen molar-refractivity contribution < 1.29 is 40.3 Å². The summed E-state index contributed by atoms with van der Waals surface area (Å²) >= 11 is 8.63. The molecular formula is C6H2Cl2F7NO2. The van der Waals surface area contributed by atoms with Crippen LogP contribution in [0.4, 0.5) is 30.7 Å². The van der Waals surface area contributed by atoms with Crippen molar-refractivity contribution in [2.45, 2.75) is 29.1 Å². The van der Waals surface area contributed by atoms with Crippen LogP contribution in [0.25, 0.3) is 0 Å². The third-order valence-electron chi connectivity index (χ3n) is 1.64.